The van der Waals surface area contributed by atoms with Gasteiger partial charge in [0.1, 0.15) is 0 Å². The number of thioether (sulfide) groups is 1. The van der Waals surface area contributed by atoms with Crippen molar-refractivity contribution in [1.82, 2.24) is 10.2 Å². The molecule has 15 heavy (non-hydrogen) atoms. The summed E-state index contributed by atoms with van der Waals surface area (Å²) in [7, 11) is 2.21. The molecule has 1 heterocycles. The Bertz CT molecular complexity index is 172. The van der Waals surface area contributed by atoms with Crippen molar-refractivity contribution in [2.75, 3.05) is 32.9 Å². The molecule has 0 radical (unpaired) electrons. The van der Waals surface area contributed by atoms with Crippen LogP contribution in [0, 0.1) is 0 Å². The zero-order valence-electron chi connectivity index (χ0n) is 10.7. The molecule has 1 atom stereocenters. The molecule has 0 amide bonds. The SMILES string of the molecule is CCC(CC)(CNC1CCN(C)C1)SC. The first-order valence-electron chi connectivity index (χ1n) is 6.13. The molecule has 0 aliphatic carbocycles. The lowest BCUT2D eigenvalue weighted by Crippen LogP contribution is -2.42. The Morgan fingerprint density at radius 3 is 2.47 bits per heavy atom. The van der Waals surface area contributed by atoms with Crippen LogP contribution in [0.15, 0.2) is 0 Å². The first-order valence-corrected chi connectivity index (χ1v) is 7.35. The Morgan fingerprint density at radius 1 is 1.40 bits per heavy atom. The molecular formula is C12H26N2S. The van der Waals surface area contributed by atoms with Crippen molar-refractivity contribution in [3.05, 3.63) is 0 Å². The van der Waals surface area contributed by atoms with E-state index in [2.05, 4.69) is 37.4 Å². The number of nitrogens with zero attached hydrogens (tertiary/aromatic N) is 1. The van der Waals surface area contributed by atoms with Gasteiger partial charge in [0.05, 0.1) is 0 Å². The molecule has 0 aromatic rings. The molecule has 1 saturated heterocycles. The first-order chi connectivity index (χ1) is 7.15. The van der Waals surface area contributed by atoms with E-state index in [9.17, 15) is 0 Å². The standard InChI is InChI=1S/C12H26N2S/c1-5-12(6-2,15-4)10-13-11-7-8-14(3)9-11/h11,13H,5-10H2,1-4H3. The van der Waals surface area contributed by atoms with Crippen LogP contribution in [0.3, 0.4) is 0 Å². The van der Waals surface area contributed by atoms with Crippen molar-refractivity contribution in [2.24, 2.45) is 0 Å². The van der Waals surface area contributed by atoms with Gasteiger partial charge in [0, 0.05) is 23.9 Å². The Morgan fingerprint density at radius 2 is 2.07 bits per heavy atom. The molecule has 0 bridgehead atoms. The molecule has 1 rings (SSSR count). The zero-order chi connectivity index (χ0) is 11.3. The van der Waals surface area contributed by atoms with E-state index in [0.717, 1.165) is 6.04 Å². The summed E-state index contributed by atoms with van der Waals surface area (Å²) in [6, 6.07) is 0.722. The maximum absolute atomic E-state index is 3.74. The Hall–Kier alpha value is 0.270. The van der Waals surface area contributed by atoms with Gasteiger partial charge >= 0.3 is 0 Å². The summed E-state index contributed by atoms with van der Waals surface area (Å²) in [6.07, 6.45) is 6.09. The number of likely N-dealkylation sites (N-methyl/N-ethyl adjacent to an activating group) is 1. The zero-order valence-corrected chi connectivity index (χ0v) is 11.5. The van der Waals surface area contributed by atoms with Gasteiger partial charge in [-0.05, 0) is 39.1 Å². The van der Waals surface area contributed by atoms with Crippen LogP contribution in [0.1, 0.15) is 33.1 Å². The third-order valence-corrected chi connectivity index (χ3v) is 5.41. The molecule has 1 aliphatic rings. The molecule has 1 fully saturated rings. The predicted octanol–water partition coefficient (Wildman–Crippen LogP) is 2.20. The van der Waals surface area contributed by atoms with E-state index in [-0.39, 0.29) is 0 Å². The third-order valence-electron chi connectivity index (χ3n) is 3.83. The fourth-order valence-corrected chi connectivity index (χ4v) is 3.10. The van der Waals surface area contributed by atoms with E-state index in [1.54, 1.807) is 0 Å². The number of likely N-dealkylation sites (tertiary alicyclic amines) is 1. The van der Waals surface area contributed by atoms with Crippen molar-refractivity contribution in [3.8, 4) is 0 Å². The largest absolute Gasteiger partial charge is 0.311 e. The van der Waals surface area contributed by atoms with E-state index in [1.807, 2.05) is 11.8 Å². The smallest absolute Gasteiger partial charge is 0.0276 e. The topological polar surface area (TPSA) is 15.3 Å². The summed E-state index contributed by atoms with van der Waals surface area (Å²) in [5.74, 6) is 0. The molecule has 0 spiro atoms. The van der Waals surface area contributed by atoms with Gasteiger partial charge in [0.25, 0.3) is 0 Å². The molecule has 1 aliphatic heterocycles. The summed E-state index contributed by atoms with van der Waals surface area (Å²) in [4.78, 5) is 2.41. The summed E-state index contributed by atoms with van der Waals surface area (Å²) in [6.45, 7) is 8.25. The Balaban J connectivity index is 2.33. The number of hydrogen-bond donors (Lipinski definition) is 1. The molecule has 2 nitrogen and oxygen atoms in total. The normalized spacial score (nSPS) is 23.6. The van der Waals surface area contributed by atoms with Gasteiger partial charge in [-0.25, -0.2) is 0 Å². The maximum atomic E-state index is 3.74. The molecule has 1 N–H and O–H groups in total. The molecule has 3 heteroatoms. The van der Waals surface area contributed by atoms with Crippen molar-refractivity contribution in [3.63, 3.8) is 0 Å². The lowest BCUT2D eigenvalue weighted by molar-refractivity contribution is 0.387. The van der Waals surface area contributed by atoms with Gasteiger partial charge in [-0.2, -0.15) is 11.8 Å². The highest BCUT2D eigenvalue weighted by Gasteiger charge is 2.27. The predicted molar refractivity (Wildman–Crippen MR) is 70.7 cm³/mol. The Kier molecular flexibility index (Phi) is 5.44. The highest BCUT2D eigenvalue weighted by molar-refractivity contribution is 8.00. The van der Waals surface area contributed by atoms with E-state index in [4.69, 9.17) is 0 Å². The van der Waals surface area contributed by atoms with Gasteiger partial charge in [-0.3, -0.25) is 0 Å². The van der Waals surface area contributed by atoms with Crippen LogP contribution in [0.2, 0.25) is 0 Å². The highest BCUT2D eigenvalue weighted by atomic mass is 32.2. The number of nitrogens with one attached hydrogen (secondary N) is 1. The fraction of sp³-hybridized carbons (Fsp3) is 1.00. The molecule has 1 unspecified atom stereocenters. The second kappa shape index (κ2) is 6.12. The van der Waals surface area contributed by atoms with Crippen LogP contribution >= 0.6 is 11.8 Å². The van der Waals surface area contributed by atoms with Gasteiger partial charge in [-0.15, -0.1) is 0 Å². The average Bonchev–Trinajstić information content (AvgIpc) is 2.67. The summed E-state index contributed by atoms with van der Waals surface area (Å²) >= 11 is 2.03. The van der Waals surface area contributed by atoms with Crippen molar-refractivity contribution in [2.45, 2.75) is 43.9 Å². The quantitative estimate of drug-likeness (QED) is 0.753. The monoisotopic (exact) mass is 230 g/mol. The lowest BCUT2D eigenvalue weighted by Gasteiger charge is -2.31. The number of rotatable bonds is 6. The number of hydrogen-bond acceptors (Lipinski definition) is 3. The minimum Gasteiger partial charge on any atom is -0.311 e. The van der Waals surface area contributed by atoms with E-state index >= 15 is 0 Å². The molecule has 0 aromatic carbocycles. The van der Waals surface area contributed by atoms with Gasteiger partial charge in [0.15, 0.2) is 0 Å². The average molecular weight is 230 g/mol. The Labute approximate surface area is 99.2 Å². The maximum Gasteiger partial charge on any atom is 0.0276 e. The van der Waals surface area contributed by atoms with E-state index in [0.29, 0.717) is 4.75 Å². The second-order valence-corrected chi connectivity index (χ2v) is 6.00. The minimum atomic E-state index is 0.459. The van der Waals surface area contributed by atoms with Gasteiger partial charge in [0.2, 0.25) is 0 Å². The first kappa shape index (κ1) is 13.3. The van der Waals surface area contributed by atoms with Crippen molar-refractivity contribution in [1.29, 1.82) is 0 Å². The summed E-state index contributed by atoms with van der Waals surface area (Å²) in [5, 5.41) is 3.74. The molecule has 0 saturated carbocycles. The van der Waals surface area contributed by atoms with Crippen LogP contribution < -0.4 is 5.32 Å². The van der Waals surface area contributed by atoms with Crippen molar-refractivity contribution >= 4 is 11.8 Å². The van der Waals surface area contributed by atoms with Crippen molar-refractivity contribution < 1.29 is 0 Å². The molecule has 0 aromatic heterocycles. The summed E-state index contributed by atoms with van der Waals surface area (Å²) < 4.78 is 0.459. The molecular weight excluding hydrogens is 204 g/mol. The second-order valence-electron chi connectivity index (χ2n) is 4.72. The van der Waals surface area contributed by atoms with Crippen LogP contribution in [0.5, 0.6) is 0 Å². The lowest BCUT2D eigenvalue weighted by atomic mass is 10.0. The minimum absolute atomic E-state index is 0.459. The van der Waals surface area contributed by atoms with E-state index in [1.165, 1.54) is 38.9 Å². The molecule has 90 valence electrons. The van der Waals surface area contributed by atoms with Crippen LogP contribution in [-0.4, -0.2) is 48.6 Å². The van der Waals surface area contributed by atoms with Crippen LogP contribution in [0.4, 0.5) is 0 Å². The van der Waals surface area contributed by atoms with Crippen LogP contribution in [0.25, 0.3) is 0 Å². The fourth-order valence-electron chi connectivity index (χ4n) is 2.29. The highest BCUT2D eigenvalue weighted by Crippen LogP contribution is 2.29. The van der Waals surface area contributed by atoms with Gasteiger partial charge in [-0.1, -0.05) is 13.8 Å². The van der Waals surface area contributed by atoms with Gasteiger partial charge < -0.3 is 10.2 Å². The van der Waals surface area contributed by atoms with E-state index < -0.39 is 0 Å². The van der Waals surface area contributed by atoms with Crippen LogP contribution in [-0.2, 0) is 0 Å². The third kappa shape index (κ3) is 3.65. The summed E-state index contributed by atoms with van der Waals surface area (Å²) in [5.41, 5.74) is 0.